The minimum Gasteiger partial charge on any atom is -0.480 e. The average Bonchev–Trinajstić information content (AvgIpc) is 3.13. The van der Waals surface area contributed by atoms with Gasteiger partial charge < -0.3 is 15.0 Å². The number of aromatic amines is 1. The molecule has 1 aliphatic rings. The Hall–Kier alpha value is -2.11. The summed E-state index contributed by atoms with van der Waals surface area (Å²) in [4.78, 5) is 39.0. The summed E-state index contributed by atoms with van der Waals surface area (Å²) in [5, 5.41) is 9.06. The maximum Gasteiger partial charge on any atom is 0.326 e. The van der Waals surface area contributed by atoms with Crippen LogP contribution >= 0.6 is 0 Å². The van der Waals surface area contributed by atoms with E-state index in [-0.39, 0.29) is 11.6 Å². The Morgan fingerprint density at radius 2 is 2.05 bits per heavy atom. The fourth-order valence-electron chi connectivity index (χ4n) is 2.01. The van der Waals surface area contributed by atoms with Gasteiger partial charge in [0.2, 0.25) is 0 Å². The lowest BCUT2D eigenvalue weighted by Crippen LogP contribution is -2.46. The summed E-state index contributed by atoms with van der Waals surface area (Å²) in [5.41, 5.74) is 0.171. The van der Waals surface area contributed by atoms with Crippen molar-refractivity contribution in [2.24, 2.45) is 0 Å². The second kappa shape index (κ2) is 4.87. The molecule has 1 aromatic rings. The number of nitrogens with one attached hydrogen (secondary N) is 1. The number of hydrogen-bond acceptors (Lipinski definition) is 3. The highest BCUT2D eigenvalue weighted by Crippen LogP contribution is 2.29. The molecule has 1 heterocycles. The first-order valence-corrected chi connectivity index (χ1v) is 6.17. The zero-order chi connectivity index (χ0) is 14.2. The number of carboxylic acids is 1. The van der Waals surface area contributed by atoms with Crippen LogP contribution in [-0.4, -0.2) is 39.0 Å². The van der Waals surface area contributed by atoms with E-state index in [1.54, 1.807) is 13.0 Å². The first kappa shape index (κ1) is 13.3. The topological polar surface area (TPSA) is 90.5 Å². The standard InChI is InChI=1S/C13H16N2O4/c1-7-3-6-10(11(16)14-7)12(17)15(9-4-5-9)8(2)13(18)19/h3,6,8-9H,4-5H2,1-2H3,(H,14,16)(H,18,19). The largest absolute Gasteiger partial charge is 0.480 e. The summed E-state index contributed by atoms with van der Waals surface area (Å²) in [6.45, 7) is 3.18. The van der Waals surface area contributed by atoms with Crippen LogP contribution in [-0.2, 0) is 4.79 Å². The summed E-state index contributed by atoms with van der Waals surface area (Å²) in [6.07, 6.45) is 1.57. The van der Waals surface area contributed by atoms with E-state index in [9.17, 15) is 14.4 Å². The highest BCUT2D eigenvalue weighted by atomic mass is 16.4. The number of hydrogen-bond donors (Lipinski definition) is 2. The minimum atomic E-state index is -1.07. The van der Waals surface area contributed by atoms with E-state index in [2.05, 4.69) is 4.98 Å². The van der Waals surface area contributed by atoms with Gasteiger partial charge in [-0.1, -0.05) is 0 Å². The highest BCUT2D eigenvalue weighted by molar-refractivity contribution is 5.96. The molecule has 6 heteroatoms. The van der Waals surface area contributed by atoms with Crippen molar-refractivity contribution in [2.75, 3.05) is 0 Å². The second-order valence-electron chi connectivity index (χ2n) is 4.84. The molecule has 1 saturated carbocycles. The molecule has 0 bridgehead atoms. The van der Waals surface area contributed by atoms with E-state index in [1.807, 2.05) is 0 Å². The Labute approximate surface area is 110 Å². The highest BCUT2D eigenvalue weighted by Gasteiger charge is 2.39. The quantitative estimate of drug-likeness (QED) is 0.840. The summed E-state index contributed by atoms with van der Waals surface area (Å²) in [5.74, 6) is -1.58. The van der Waals surface area contributed by atoms with Crippen molar-refractivity contribution < 1.29 is 14.7 Å². The number of aliphatic carboxylic acids is 1. The third-order valence-electron chi connectivity index (χ3n) is 3.24. The molecular weight excluding hydrogens is 248 g/mol. The number of carbonyl (C=O) groups excluding carboxylic acids is 1. The number of amides is 1. The van der Waals surface area contributed by atoms with Crippen LogP contribution in [0.1, 0.15) is 35.8 Å². The third-order valence-corrected chi connectivity index (χ3v) is 3.24. The molecule has 2 rings (SSSR count). The number of carbonyl (C=O) groups is 2. The van der Waals surface area contributed by atoms with Gasteiger partial charge in [0.25, 0.3) is 11.5 Å². The van der Waals surface area contributed by atoms with Crippen molar-refractivity contribution in [3.05, 3.63) is 33.7 Å². The van der Waals surface area contributed by atoms with Gasteiger partial charge in [-0.25, -0.2) is 4.79 Å². The Morgan fingerprint density at radius 3 is 2.53 bits per heavy atom. The van der Waals surface area contributed by atoms with Crippen molar-refractivity contribution >= 4 is 11.9 Å². The number of aryl methyl sites for hydroxylation is 1. The Morgan fingerprint density at radius 1 is 1.42 bits per heavy atom. The molecule has 0 aliphatic heterocycles. The smallest absolute Gasteiger partial charge is 0.326 e. The SMILES string of the molecule is Cc1ccc(C(=O)N(C2CC2)C(C)C(=O)O)c(=O)[nH]1. The van der Waals surface area contributed by atoms with E-state index in [0.29, 0.717) is 5.69 Å². The molecular formula is C13H16N2O4. The predicted molar refractivity (Wildman–Crippen MR) is 68.1 cm³/mol. The number of pyridine rings is 1. The van der Waals surface area contributed by atoms with Gasteiger partial charge in [0.15, 0.2) is 0 Å². The first-order valence-electron chi connectivity index (χ1n) is 6.17. The van der Waals surface area contributed by atoms with E-state index < -0.39 is 23.5 Å². The molecule has 1 unspecified atom stereocenters. The number of aromatic nitrogens is 1. The van der Waals surface area contributed by atoms with E-state index in [1.165, 1.54) is 17.9 Å². The monoisotopic (exact) mass is 264 g/mol. The first-order chi connectivity index (χ1) is 8.91. The van der Waals surface area contributed by atoms with Crippen LogP contribution in [0.4, 0.5) is 0 Å². The van der Waals surface area contributed by atoms with E-state index >= 15 is 0 Å². The average molecular weight is 264 g/mol. The number of nitrogens with zero attached hydrogens (tertiary/aromatic N) is 1. The maximum absolute atomic E-state index is 12.3. The molecule has 0 spiro atoms. The Balaban J connectivity index is 2.34. The maximum atomic E-state index is 12.3. The molecule has 0 saturated heterocycles. The summed E-state index contributed by atoms with van der Waals surface area (Å²) < 4.78 is 0. The van der Waals surface area contributed by atoms with Gasteiger partial charge in [-0.3, -0.25) is 9.59 Å². The van der Waals surface area contributed by atoms with Gasteiger partial charge in [0.1, 0.15) is 11.6 Å². The van der Waals surface area contributed by atoms with Crippen LogP contribution in [0.25, 0.3) is 0 Å². The van der Waals surface area contributed by atoms with Gasteiger partial charge >= 0.3 is 5.97 Å². The van der Waals surface area contributed by atoms with Crippen LogP contribution < -0.4 is 5.56 Å². The van der Waals surface area contributed by atoms with Gasteiger partial charge in [-0.05, 0) is 38.8 Å². The molecule has 1 amide bonds. The Kier molecular flexibility index (Phi) is 3.42. The summed E-state index contributed by atoms with van der Waals surface area (Å²) >= 11 is 0. The van der Waals surface area contributed by atoms with E-state index in [4.69, 9.17) is 5.11 Å². The fourth-order valence-corrected chi connectivity index (χ4v) is 2.01. The molecule has 1 aliphatic carbocycles. The lowest BCUT2D eigenvalue weighted by molar-refractivity contribution is -0.141. The second-order valence-corrected chi connectivity index (χ2v) is 4.84. The van der Waals surface area contributed by atoms with Crippen LogP contribution in [0.2, 0.25) is 0 Å². The minimum absolute atomic E-state index is 0.00870. The van der Waals surface area contributed by atoms with Crippen LogP contribution in [0, 0.1) is 6.92 Å². The zero-order valence-electron chi connectivity index (χ0n) is 10.8. The van der Waals surface area contributed by atoms with Crippen molar-refractivity contribution in [1.82, 2.24) is 9.88 Å². The molecule has 1 fully saturated rings. The predicted octanol–water partition coefficient (Wildman–Crippen LogP) is 0.761. The lowest BCUT2D eigenvalue weighted by atomic mass is 10.2. The number of H-pyrrole nitrogens is 1. The van der Waals surface area contributed by atoms with Crippen molar-refractivity contribution in [1.29, 1.82) is 0 Å². The number of carboxylic acid groups (broad SMARTS) is 1. The van der Waals surface area contributed by atoms with Gasteiger partial charge in [-0.15, -0.1) is 0 Å². The molecule has 102 valence electrons. The van der Waals surface area contributed by atoms with Crippen molar-refractivity contribution in [2.45, 2.75) is 38.8 Å². The van der Waals surface area contributed by atoms with Crippen molar-refractivity contribution in [3.63, 3.8) is 0 Å². The summed E-state index contributed by atoms with van der Waals surface area (Å²) in [6, 6.07) is 2.08. The molecule has 6 nitrogen and oxygen atoms in total. The van der Waals surface area contributed by atoms with Crippen molar-refractivity contribution in [3.8, 4) is 0 Å². The molecule has 2 N–H and O–H groups in total. The molecule has 0 radical (unpaired) electrons. The molecule has 19 heavy (non-hydrogen) atoms. The number of rotatable bonds is 4. The third kappa shape index (κ3) is 2.67. The molecule has 1 atom stereocenters. The fraction of sp³-hybridized carbons (Fsp3) is 0.462. The lowest BCUT2D eigenvalue weighted by Gasteiger charge is -2.26. The van der Waals surface area contributed by atoms with Gasteiger partial charge in [0.05, 0.1) is 0 Å². The zero-order valence-corrected chi connectivity index (χ0v) is 10.8. The molecule has 0 aromatic carbocycles. The van der Waals surface area contributed by atoms with Gasteiger partial charge in [0, 0.05) is 11.7 Å². The van der Waals surface area contributed by atoms with Crippen LogP contribution in [0.3, 0.4) is 0 Å². The van der Waals surface area contributed by atoms with E-state index in [0.717, 1.165) is 12.8 Å². The van der Waals surface area contributed by atoms with Crippen LogP contribution in [0.5, 0.6) is 0 Å². The van der Waals surface area contributed by atoms with Crippen LogP contribution in [0.15, 0.2) is 16.9 Å². The van der Waals surface area contributed by atoms with Gasteiger partial charge in [-0.2, -0.15) is 0 Å². The summed E-state index contributed by atoms with van der Waals surface area (Å²) in [7, 11) is 0. The Bertz CT molecular complexity index is 574. The normalized spacial score (nSPS) is 15.9. The molecule has 1 aromatic heterocycles.